The van der Waals surface area contributed by atoms with E-state index in [-0.39, 0.29) is 0 Å². The Labute approximate surface area is 102 Å². The van der Waals surface area contributed by atoms with Crippen LogP contribution in [0.1, 0.15) is 24.2 Å². The predicted molar refractivity (Wildman–Crippen MR) is 67.8 cm³/mol. The van der Waals surface area contributed by atoms with Crippen molar-refractivity contribution in [1.29, 1.82) is 0 Å². The number of nitrogens with zero attached hydrogens (tertiary/aromatic N) is 4. The molecule has 1 saturated heterocycles. The monoisotopic (exact) mass is 235 g/mol. The largest absolute Gasteiger partial charge is 0.384 e. The number of fused-ring (bicyclic) bond motifs is 1. The average molecular weight is 235 g/mol. The molecule has 0 atom stereocenters. The van der Waals surface area contributed by atoms with Crippen LogP contribution < -0.4 is 5.73 Å². The van der Waals surface area contributed by atoms with E-state index in [1.165, 1.54) is 11.3 Å². The van der Waals surface area contributed by atoms with Gasteiger partial charge < -0.3 is 10.6 Å². The van der Waals surface area contributed by atoms with Gasteiger partial charge in [-0.05, 0) is 20.0 Å². The Hall–Kier alpha value is -1.07. The zero-order valence-corrected chi connectivity index (χ0v) is 10.7. The van der Waals surface area contributed by atoms with E-state index in [1.54, 1.807) is 0 Å². The SMILES string of the molecule is CCN1CCc2c(nn(C3CN(C)C3)c2N)C1. The molecule has 3 rings (SSSR count). The van der Waals surface area contributed by atoms with Gasteiger partial charge in [-0.1, -0.05) is 6.92 Å². The maximum absolute atomic E-state index is 6.23. The Bertz CT molecular complexity index is 419. The molecule has 3 heterocycles. The van der Waals surface area contributed by atoms with Crippen LogP contribution >= 0.6 is 0 Å². The first-order valence-corrected chi connectivity index (χ1v) is 6.45. The van der Waals surface area contributed by atoms with Crippen LogP contribution in [-0.4, -0.2) is 52.8 Å². The van der Waals surface area contributed by atoms with E-state index in [0.29, 0.717) is 6.04 Å². The molecule has 0 radical (unpaired) electrons. The van der Waals surface area contributed by atoms with E-state index in [1.807, 2.05) is 0 Å². The zero-order chi connectivity index (χ0) is 12.0. The van der Waals surface area contributed by atoms with E-state index in [4.69, 9.17) is 10.8 Å². The van der Waals surface area contributed by atoms with Gasteiger partial charge in [-0.25, -0.2) is 4.68 Å². The van der Waals surface area contributed by atoms with E-state index in [0.717, 1.165) is 45.0 Å². The van der Waals surface area contributed by atoms with Gasteiger partial charge in [0.2, 0.25) is 0 Å². The highest BCUT2D eigenvalue weighted by atomic mass is 15.4. The molecular formula is C12H21N5. The van der Waals surface area contributed by atoms with Gasteiger partial charge in [-0.2, -0.15) is 5.10 Å². The number of nitrogens with two attached hydrogens (primary N) is 1. The van der Waals surface area contributed by atoms with Gasteiger partial charge in [0.1, 0.15) is 5.82 Å². The molecule has 1 fully saturated rings. The van der Waals surface area contributed by atoms with Crippen molar-refractivity contribution in [2.24, 2.45) is 0 Å². The van der Waals surface area contributed by atoms with Crippen LogP contribution in [0.4, 0.5) is 5.82 Å². The summed E-state index contributed by atoms with van der Waals surface area (Å²) < 4.78 is 2.06. The molecule has 5 heteroatoms. The number of hydrogen-bond acceptors (Lipinski definition) is 4. The van der Waals surface area contributed by atoms with Crippen LogP contribution in [0.3, 0.4) is 0 Å². The van der Waals surface area contributed by atoms with E-state index in [2.05, 4.69) is 28.5 Å². The van der Waals surface area contributed by atoms with Gasteiger partial charge in [0.25, 0.3) is 0 Å². The summed E-state index contributed by atoms with van der Waals surface area (Å²) in [7, 11) is 2.13. The van der Waals surface area contributed by atoms with Crippen molar-refractivity contribution in [2.75, 3.05) is 39.0 Å². The summed E-state index contributed by atoms with van der Waals surface area (Å²) in [6.07, 6.45) is 1.05. The Balaban J connectivity index is 1.85. The minimum Gasteiger partial charge on any atom is -0.384 e. The molecule has 0 bridgehead atoms. The summed E-state index contributed by atoms with van der Waals surface area (Å²) in [6, 6.07) is 0.487. The van der Waals surface area contributed by atoms with Crippen LogP contribution in [0.25, 0.3) is 0 Å². The summed E-state index contributed by atoms with van der Waals surface area (Å²) in [5, 5.41) is 4.73. The van der Waals surface area contributed by atoms with E-state index < -0.39 is 0 Å². The first-order chi connectivity index (χ1) is 8.19. The number of nitrogen functional groups attached to an aromatic ring is 1. The van der Waals surface area contributed by atoms with Gasteiger partial charge in [0.15, 0.2) is 0 Å². The van der Waals surface area contributed by atoms with Crippen molar-refractivity contribution < 1.29 is 0 Å². The molecule has 17 heavy (non-hydrogen) atoms. The van der Waals surface area contributed by atoms with Crippen molar-refractivity contribution in [3.05, 3.63) is 11.3 Å². The summed E-state index contributed by atoms with van der Waals surface area (Å²) in [5.41, 5.74) is 8.73. The Kier molecular flexibility index (Phi) is 2.60. The number of anilines is 1. The standard InChI is InChI=1S/C12H21N5/c1-3-16-5-4-10-11(8-16)14-17(12(10)13)9-6-15(2)7-9/h9H,3-8,13H2,1-2H3. The maximum atomic E-state index is 6.23. The summed E-state index contributed by atoms with van der Waals surface area (Å²) in [4.78, 5) is 4.72. The second-order valence-corrected chi connectivity index (χ2v) is 5.25. The minimum atomic E-state index is 0.487. The van der Waals surface area contributed by atoms with Crippen LogP contribution in [0.2, 0.25) is 0 Å². The molecule has 0 aromatic carbocycles. The second-order valence-electron chi connectivity index (χ2n) is 5.25. The first kappa shape index (κ1) is 11.0. The van der Waals surface area contributed by atoms with Crippen molar-refractivity contribution in [3.63, 3.8) is 0 Å². The molecule has 1 aromatic heterocycles. The van der Waals surface area contributed by atoms with Gasteiger partial charge in [-0.3, -0.25) is 4.90 Å². The molecule has 2 aliphatic heterocycles. The van der Waals surface area contributed by atoms with Crippen LogP contribution in [0.15, 0.2) is 0 Å². The van der Waals surface area contributed by atoms with Gasteiger partial charge >= 0.3 is 0 Å². The zero-order valence-electron chi connectivity index (χ0n) is 10.7. The fourth-order valence-corrected chi connectivity index (χ4v) is 2.86. The Morgan fingerprint density at radius 2 is 2.18 bits per heavy atom. The molecule has 1 aromatic rings. The molecule has 0 spiro atoms. The van der Waals surface area contributed by atoms with Crippen molar-refractivity contribution >= 4 is 5.82 Å². The Morgan fingerprint density at radius 1 is 1.41 bits per heavy atom. The quantitative estimate of drug-likeness (QED) is 0.802. The number of hydrogen-bond donors (Lipinski definition) is 1. The lowest BCUT2D eigenvalue weighted by atomic mass is 10.1. The molecule has 2 N–H and O–H groups in total. The highest BCUT2D eigenvalue weighted by Crippen LogP contribution is 2.29. The normalized spacial score (nSPS) is 22.5. The van der Waals surface area contributed by atoms with E-state index in [9.17, 15) is 0 Å². The predicted octanol–water partition coefficient (Wildman–Crippen LogP) is 0.330. The third-order valence-corrected chi connectivity index (χ3v) is 4.02. The number of likely N-dealkylation sites (N-methyl/N-ethyl adjacent to an activating group) is 2. The number of aromatic nitrogens is 2. The van der Waals surface area contributed by atoms with E-state index >= 15 is 0 Å². The lowest BCUT2D eigenvalue weighted by Gasteiger charge is -2.36. The third-order valence-electron chi connectivity index (χ3n) is 4.02. The first-order valence-electron chi connectivity index (χ1n) is 6.45. The highest BCUT2D eigenvalue weighted by molar-refractivity contribution is 5.45. The third kappa shape index (κ3) is 1.73. The number of rotatable bonds is 2. The summed E-state index contributed by atoms with van der Waals surface area (Å²) in [5.74, 6) is 0.911. The second kappa shape index (κ2) is 3.99. The highest BCUT2D eigenvalue weighted by Gasteiger charge is 2.30. The molecular weight excluding hydrogens is 214 g/mol. The lowest BCUT2D eigenvalue weighted by molar-refractivity contribution is 0.131. The molecule has 0 saturated carbocycles. The topological polar surface area (TPSA) is 50.3 Å². The van der Waals surface area contributed by atoms with Crippen LogP contribution in [-0.2, 0) is 13.0 Å². The van der Waals surface area contributed by atoms with Gasteiger partial charge in [-0.15, -0.1) is 0 Å². The summed E-state index contributed by atoms with van der Waals surface area (Å²) >= 11 is 0. The molecule has 2 aliphatic rings. The summed E-state index contributed by atoms with van der Waals surface area (Å²) in [6.45, 7) is 7.52. The molecule has 0 amide bonds. The van der Waals surface area contributed by atoms with Gasteiger partial charge in [0, 0.05) is 31.7 Å². The molecule has 94 valence electrons. The molecule has 0 unspecified atom stereocenters. The fraction of sp³-hybridized carbons (Fsp3) is 0.750. The molecule has 0 aliphatic carbocycles. The molecule has 5 nitrogen and oxygen atoms in total. The van der Waals surface area contributed by atoms with Crippen molar-refractivity contribution in [1.82, 2.24) is 19.6 Å². The van der Waals surface area contributed by atoms with Crippen LogP contribution in [0.5, 0.6) is 0 Å². The maximum Gasteiger partial charge on any atom is 0.125 e. The Morgan fingerprint density at radius 3 is 2.82 bits per heavy atom. The number of likely N-dealkylation sites (tertiary alicyclic amines) is 1. The van der Waals surface area contributed by atoms with Crippen molar-refractivity contribution in [2.45, 2.75) is 25.9 Å². The van der Waals surface area contributed by atoms with Crippen molar-refractivity contribution in [3.8, 4) is 0 Å². The average Bonchev–Trinajstić information content (AvgIpc) is 2.62. The fourth-order valence-electron chi connectivity index (χ4n) is 2.86. The minimum absolute atomic E-state index is 0.487. The van der Waals surface area contributed by atoms with Gasteiger partial charge in [0.05, 0.1) is 11.7 Å². The smallest absolute Gasteiger partial charge is 0.125 e. The van der Waals surface area contributed by atoms with Crippen LogP contribution in [0, 0.1) is 0 Å². The lowest BCUT2D eigenvalue weighted by Crippen LogP contribution is -2.45.